The minimum absolute atomic E-state index is 0.0517. The van der Waals surface area contributed by atoms with Crippen molar-refractivity contribution in [3.8, 4) is 0 Å². The highest BCUT2D eigenvalue weighted by atomic mass is 32.2. The summed E-state index contributed by atoms with van der Waals surface area (Å²) < 4.78 is 4.83. The van der Waals surface area contributed by atoms with E-state index in [0.29, 0.717) is 18.8 Å². The maximum absolute atomic E-state index is 11.8. The zero-order valence-electron chi connectivity index (χ0n) is 12.8. The fraction of sp³-hybridized carbons (Fsp3) is 0.857. The minimum atomic E-state index is -0.595. The molecule has 0 heterocycles. The predicted molar refractivity (Wildman–Crippen MR) is 83.7 cm³/mol. The van der Waals surface area contributed by atoms with Gasteiger partial charge in [-0.3, -0.25) is 9.59 Å². The second kappa shape index (κ2) is 12.0. The molecule has 0 aromatic carbocycles. The van der Waals surface area contributed by atoms with Crippen LogP contribution in [0.2, 0.25) is 0 Å². The molecule has 0 rings (SSSR count). The van der Waals surface area contributed by atoms with Crippen molar-refractivity contribution in [2.24, 2.45) is 5.73 Å². The number of amides is 1. The molecule has 0 aromatic heterocycles. The number of unbranched alkanes of at least 4 members (excludes halogenated alkanes) is 2. The molecule has 5 nitrogen and oxygen atoms in total. The Morgan fingerprint density at radius 3 is 2.60 bits per heavy atom. The van der Waals surface area contributed by atoms with Crippen LogP contribution in [-0.4, -0.2) is 42.1 Å². The van der Waals surface area contributed by atoms with E-state index in [2.05, 4.69) is 12.2 Å². The lowest BCUT2D eigenvalue weighted by molar-refractivity contribution is -0.144. The number of carbonyl (C=O) groups excluding carboxylic acids is 2. The van der Waals surface area contributed by atoms with E-state index in [9.17, 15) is 9.59 Å². The Morgan fingerprint density at radius 2 is 2.00 bits per heavy atom. The largest absolute Gasteiger partial charge is 0.465 e. The number of ether oxygens (including phenoxy) is 1. The van der Waals surface area contributed by atoms with Gasteiger partial charge in [0, 0.05) is 6.54 Å². The first kappa shape index (κ1) is 19.2. The Bertz CT molecular complexity index is 288. The highest BCUT2D eigenvalue weighted by Crippen LogP contribution is 2.13. The summed E-state index contributed by atoms with van der Waals surface area (Å²) in [5.41, 5.74) is 5.69. The molecular weight excluding hydrogens is 276 g/mol. The van der Waals surface area contributed by atoms with Crippen LogP contribution in [0.1, 0.15) is 46.5 Å². The fourth-order valence-electron chi connectivity index (χ4n) is 1.54. The summed E-state index contributed by atoms with van der Waals surface area (Å²) in [5.74, 6) is 0.351. The van der Waals surface area contributed by atoms with Gasteiger partial charge in [-0.2, -0.15) is 0 Å². The molecule has 0 aromatic rings. The van der Waals surface area contributed by atoms with Crippen LogP contribution in [-0.2, 0) is 14.3 Å². The number of hydrogen-bond acceptors (Lipinski definition) is 5. The molecule has 0 bridgehead atoms. The van der Waals surface area contributed by atoms with Gasteiger partial charge in [0.15, 0.2) is 0 Å². The van der Waals surface area contributed by atoms with Crippen molar-refractivity contribution in [2.45, 2.75) is 57.7 Å². The first-order valence-electron chi connectivity index (χ1n) is 7.34. The van der Waals surface area contributed by atoms with E-state index in [0.717, 1.165) is 25.8 Å². The summed E-state index contributed by atoms with van der Waals surface area (Å²) in [6.07, 6.45) is 3.83. The number of carbonyl (C=O) groups is 2. The molecule has 0 spiro atoms. The lowest BCUT2D eigenvalue weighted by atomic mass is 10.2. The Labute approximate surface area is 126 Å². The molecule has 0 radical (unpaired) electrons. The molecule has 0 aliphatic carbocycles. The Balaban J connectivity index is 3.73. The number of rotatable bonds is 11. The minimum Gasteiger partial charge on any atom is -0.465 e. The molecule has 118 valence electrons. The maximum Gasteiger partial charge on any atom is 0.322 e. The van der Waals surface area contributed by atoms with Gasteiger partial charge in [-0.05, 0) is 32.4 Å². The molecule has 0 aliphatic rings. The van der Waals surface area contributed by atoms with Crippen LogP contribution in [0.5, 0.6) is 0 Å². The molecule has 1 amide bonds. The van der Waals surface area contributed by atoms with Crippen LogP contribution >= 0.6 is 11.8 Å². The third-order valence-corrected chi connectivity index (χ3v) is 4.02. The van der Waals surface area contributed by atoms with Crippen molar-refractivity contribution in [3.05, 3.63) is 0 Å². The van der Waals surface area contributed by atoms with Gasteiger partial charge in [0.1, 0.15) is 6.04 Å². The van der Waals surface area contributed by atoms with Crippen LogP contribution in [0.4, 0.5) is 0 Å². The van der Waals surface area contributed by atoms with E-state index in [-0.39, 0.29) is 17.1 Å². The van der Waals surface area contributed by atoms with Gasteiger partial charge in [0.25, 0.3) is 0 Å². The van der Waals surface area contributed by atoms with Crippen molar-refractivity contribution in [2.75, 3.05) is 18.9 Å². The monoisotopic (exact) mass is 304 g/mol. The van der Waals surface area contributed by atoms with E-state index in [1.54, 1.807) is 6.92 Å². The Hall–Kier alpha value is -0.750. The summed E-state index contributed by atoms with van der Waals surface area (Å²) in [5, 5.41) is 2.80. The second-order valence-electron chi connectivity index (χ2n) is 4.66. The smallest absolute Gasteiger partial charge is 0.322 e. The first-order valence-corrected chi connectivity index (χ1v) is 8.39. The number of thioether (sulfide) groups is 1. The van der Waals surface area contributed by atoms with Crippen molar-refractivity contribution in [1.29, 1.82) is 0 Å². The van der Waals surface area contributed by atoms with Crippen molar-refractivity contribution < 1.29 is 14.3 Å². The van der Waals surface area contributed by atoms with Gasteiger partial charge >= 0.3 is 5.97 Å². The molecule has 3 N–H and O–H groups in total. The van der Waals surface area contributed by atoms with Crippen LogP contribution in [0, 0.1) is 0 Å². The topological polar surface area (TPSA) is 81.4 Å². The fourth-order valence-corrected chi connectivity index (χ4v) is 2.52. The summed E-state index contributed by atoms with van der Waals surface area (Å²) in [6, 6.07) is -0.595. The Morgan fingerprint density at radius 1 is 1.30 bits per heavy atom. The number of hydrogen-bond donors (Lipinski definition) is 2. The van der Waals surface area contributed by atoms with E-state index in [4.69, 9.17) is 10.5 Å². The molecule has 0 aliphatic heterocycles. The number of nitrogens with two attached hydrogens (primary N) is 1. The second-order valence-corrected chi connectivity index (χ2v) is 6.11. The molecule has 6 heteroatoms. The number of esters is 1. The zero-order valence-corrected chi connectivity index (χ0v) is 13.6. The average molecular weight is 304 g/mol. The highest BCUT2D eigenvalue weighted by Gasteiger charge is 2.17. The third kappa shape index (κ3) is 9.20. The van der Waals surface area contributed by atoms with Crippen molar-refractivity contribution in [1.82, 2.24) is 5.32 Å². The van der Waals surface area contributed by atoms with Gasteiger partial charge in [-0.1, -0.05) is 19.8 Å². The van der Waals surface area contributed by atoms with Crippen LogP contribution < -0.4 is 11.1 Å². The van der Waals surface area contributed by atoms with E-state index >= 15 is 0 Å². The molecule has 0 saturated carbocycles. The Kier molecular flexibility index (Phi) is 11.6. The molecule has 0 saturated heterocycles. The summed E-state index contributed by atoms with van der Waals surface area (Å²) in [7, 11) is 0. The van der Waals surface area contributed by atoms with E-state index < -0.39 is 6.04 Å². The van der Waals surface area contributed by atoms with E-state index in [1.165, 1.54) is 11.8 Å². The van der Waals surface area contributed by atoms with Gasteiger partial charge in [-0.25, -0.2) is 0 Å². The number of nitrogens with one attached hydrogen (secondary N) is 1. The predicted octanol–water partition coefficient (Wildman–Crippen LogP) is 1.69. The summed E-state index contributed by atoms with van der Waals surface area (Å²) in [4.78, 5) is 23.1. The molecule has 20 heavy (non-hydrogen) atoms. The molecule has 2 unspecified atom stereocenters. The lowest BCUT2D eigenvalue weighted by Gasteiger charge is -2.13. The van der Waals surface area contributed by atoms with Crippen LogP contribution in [0.15, 0.2) is 0 Å². The van der Waals surface area contributed by atoms with Crippen LogP contribution in [0.25, 0.3) is 0 Å². The summed E-state index contributed by atoms with van der Waals surface area (Å²) >= 11 is 1.51. The third-order valence-electron chi connectivity index (χ3n) is 2.83. The van der Waals surface area contributed by atoms with Gasteiger partial charge in [-0.15, -0.1) is 11.8 Å². The quantitative estimate of drug-likeness (QED) is 0.448. The highest BCUT2D eigenvalue weighted by molar-refractivity contribution is 8.00. The maximum atomic E-state index is 11.8. The van der Waals surface area contributed by atoms with Gasteiger partial charge < -0.3 is 15.8 Å². The first-order chi connectivity index (χ1) is 9.52. The van der Waals surface area contributed by atoms with Gasteiger partial charge in [0.2, 0.25) is 5.91 Å². The van der Waals surface area contributed by atoms with Crippen molar-refractivity contribution >= 4 is 23.6 Å². The van der Waals surface area contributed by atoms with Crippen molar-refractivity contribution in [3.63, 3.8) is 0 Å². The van der Waals surface area contributed by atoms with Crippen LogP contribution in [0.3, 0.4) is 0 Å². The normalized spacial score (nSPS) is 13.6. The lowest BCUT2D eigenvalue weighted by Crippen LogP contribution is -2.34. The molecule has 0 fully saturated rings. The summed E-state index contributed by atoms with van der Waals surface area (Å²) in [6.45, 7) is 6.84. The zero-order chi connectivity index (χ0) is 15.4. The molecule has 2 atom stereocenters. The standard InChI is InChI=1S/C14H28N2O3S/c1-4-6-7-9-16-13(17)11(3)20-10-8-12(15)14(18)19-5-2/h11-12H,4-10,15H2,1-3H3,(H,16,17). The van der Waals surface area contributed by atoms with E-state index in [1.807, 2.05) is 6.92 Å². The molecular formula is C14H28N2O3S. The van der Waals surface area contributed by atoms with Gasteiger partial charge in [0.05, 0.1) is 11.9 Å². The SMILES string of the molecule is CCCCCNC(=O)C(C)SCCC(N)C(=O)OCC. The average Bonchev–Trinajstić information content (AvgIpc) is 2.43.